The summed E-state index contributed by atoms with van der Waals surface area (Å²) in [5.74, 6) is 0. The number of thiophene rings is 1. The molecule has 1 heterocycles. The highest BCUT2D eigenvalue weighted by atomic mass is 32.2. The molecule has 110 valence electrons. The quantitative estimate of drug-likeness (QED) is 0.751. The second-order valence-corrected chi connectivity index (χ2v) is 7.63. The summed E-state index contributed by atoms with van der Waals surface area (Å²) in [6.45, 7) is 7.54. The van der Waals surface area contributed by atoms with Crippen LogP contribution in [0.15, 0.2) is 16.3 Å². The summed E-state index contributed by atoms with van der Waals surface area (Å²) in [7, 11) is -1.71. The van der Waals surface area contributed by atoms with E-state index < -0.39 is 10.0 Å². The number of rotatable bonds is 8. The number of nitrogens with one attached hydrogen (secondary N) is 1. The maximum atomic E-state index is 12.6. The molecule has 1 rings (SSSR count). The molecule has 0 fully saturated rings. The van der Waals surface area contributed by atoms with Crippen molar-refractivity contribution in [2.24, 2.45) is 0 Å². The van der Waals surface area contributed by atoms with Crippen LogP contribution in [0.5, 0.6) is 0 Å². The molecule has 0 aliphatic heterocycles. The molecule has 0 saturated heterocycles. The van der Waals surface area contributed by atoms with E-state index in [0.717, 1.165) is 24.3 Å². The van der Waals surface area contributed by atoms with Crippen LogP contribution >= 0.6 is 11.3 Å². The van der Waals surface area contributed by atoms with E-state index >= 15 is 0 Å². The van der Waals surface area contributed by atoms with Gasteiger partial charge in [-0.1, -0.05) is 13.8 Å². The van der Waals surface area contributed by atoms with Gasteiger partial charge >= 0.3 is 0 Å². The zero-order valence-electron chi connectivity index (χ0n) is 12.1. The van der Waals surface area contributed by atoms with Crippen molar-refractivity contribution in [3.05, 3.63) is 16.3 Å². The molecule has 6 heteroatoms. The minimum Gasteiger partial charge on any atom is -0.312 e. The molecule has 0 spiro atoms. The molecule has 0 aromatic carbocycles. The van der Waals surface area contributed by atoms with Gasteiger partial charge in [-0.05, 0) is 37.8 Å². The van der Waals surface area contributed by atoms with Crippen molar-refractivity contribution >= 4 is 21.4 Å². The molecule has 1 unspecified atom stereocenters. The molecular weight excluding hydrogens is 280 g/mol. The summed E-state index contributed by atoms with van der Waals surface area (Å²) in [6, 6.07) is 1.73. The molecule has 19 heavy (non-hydrogen) atoms. The minimum atomic E-state index is -3.37. The molecule has 0 radical (unpaired) electrons. The molecule has 0 bridgehead atoms. The number of sulfonamides is 1. The van der Waals surface area contributed by atoms with Crippen LogP contribution in [0.1, 0.15) is 38.5 Å². The van der Waals surface area contributed by atoms with E-state index in [4.69, 9.17) is 0 Å². The van der Waals surface area contributed by atoms with Crippen LogP contribution in [0.3, 0.4) is 0 Å². The Kier molecular flexibility index (Phi) is 6.46. The first-order valence-corrected chi connectivity index (χ1v) is 9.02. The molecule has 4 nitrogen and oxygen atoms in total. The predicted octanol–water partition coefficient (Wildman–Crippen LogP) is 2.67. The van der Waals surface area contributed by atoms with Gasteiger partial charge in [0.15, 0.2) is 0 Å². The second kappa shape index (κ2) is 7.38. The standard InChI is InChI=1S/C13H24N2O2S2/c1-5-8-14-10-12-13(7-9-18-12)19(16,17)15(4)11(3)6-2/h7,9,11,14H,5-6,8,10H2,1-4H3. The van der Waals surface area contributed by atoms with Gasteiger partial charge in [-0.25, -0.2) is 8.42 Å². The summed E-state index contributed by atoms with van der Waals surface area (Å²) in [4.78, 5) is 1.34. The average molecular weight is 304 g/mol. The monoisotopic (exact) mass is 304 g/mol. The summed E-state index contributed by atoms with van der Waals surface area (Å²) in [6.07, 6.45) is 1.85. The van der Waals surface area contributed by atoms with Crippen molar-refractivity contribution in [1.29, 1.82) is 0 Å². The highest BCUT2D eigenvalue weighted by Gasteiger charge is 2.27. The van der Waals surface area contributed by atoms with Gasteiger partial charge in [-0.3, -0.25) is 0 Å². The summed E-state index contributed by atoms with van der Waals surface area (Å²) < 4.78 is 26.6. The maximum Gasteiger partial charge on any atom is 0.244 e. The average Bonchev–Trinajstić information content (AvgIpc) is 2.86. The summed E-state index contributed by atoms with van der Waals surface area (Å²) in [5, 5.41) is 5.11. The van der Waals surface area contributed by atoms with Crippen LogP contribution in [-0.4, -0.2) is 32.4 Å². The van der Waals surface area contributed by atoms with E-state index in [1.54, 1.807) is 13.1 Å². The molecule has 1 aromatic heterocycles. The smallest absolute Gasteiger partial charge is 0.244 e. The molecule has 0 saturated carbocycles. The molecule has 1 aromatic rings. The zero-order valence-corrected chi connectivity index (χ0v) is 13.8. The first-order valence-electron chi connectivity index (χ1n) is 6.70. The van der Waals surface area contributed by atoms with Gasteiger partial charge in [0.25, 0.3) is 0 Å². The lowest BCUT2D eigenvalue weighted by Crippen LogP contribution is -2.35. The van der Waals surface area contributed by atoms with Crippen molar-refractivity contribution in [2.75, 3.05) is 13.6 Å². The Morgan fingerprint density at radius 1 is 1.42 bits per heavy atom. The van der Waals surface area contributed by atoms with Gasteiger partial charge in [0, 0.05) is 24.5 Å². The fraction of sp³-hybridized carbons (Fsp3) is 0.692. The Hall–Kier alpha value is -0.430. The minimum absolute atomic E-state index is 0.0151. The lowest BCUT2D eigenvalue weighted by atomic mass is 10.3. The predicted molar refractivity (Wildman–Crippen MR) is 81.0 cm³/mol. The number of hydrogen-bond donors (Lipinski definition) is 1. The molecule has 0 aliphatic rings. The van der Waals surface area contributed by atoms with Gasteiger partial charge in [-0.15, -0.1) is 11.3 Å². The fourth-order valence-electron chi connectivity index (χ4n) is 1.72. The maximum absolute atomic E-state index is 12.6. The first kappa shape index (κ1) is 16.6. The lowest BCUT2D eigenvalue weighted by molar-refractivity contribution is 0.380. The van der Waals surface area contributed by atoms with E-state index in [-0.39, 0.29) is 6.04 Å². The summed E-state index contributed by atoms with van der Waals surface area (Å²) >= 11 is 1.50. The first-order chi connectivity index (χ1) is 8.95. The Balaban J connectivity index is 2.93. The third-order valence-corrected chi connectivity index (χ3v) is 6.39. The van der Waals surface area contributed by atoms with Gasteiger partial charge in [0.2, 0.25) is 10.0 Å². The highest BCUT2D eigenvalue weighted by molar-refractivity contribution is 7.89. The van der Waals surface area contributed by atoms with E-state index in [1.165, 1.54) is 15.6 Å². The third-order valence-electron chi connectivity index (χ3n) is 3.29. The molecule has 1 N–H and O–H groups in total. The normalized spacial score (nSPS) is 13.9. The summed E-state index contributed by atoms with van der Waals surface area (Å²) in [5.41, 5.74) is 0. The van der Waals surface area contributed by atoms with Crippen molar-refractivity contribution in [1.82, 2.24) is 9.62 Å². The Morgan fingerprint density at radius 3 is 2.68 bits per heavy atom. The van der Waals surface area contributed by atoms with Crippen LogP contribution in [0.25, 0.3) is 0 Å². The fourth-order valence-corrected chi connectivity index (χ4v) is 4.53. The van der Waals surface area contributed by atoms with E-state index in [0.29, 0.717) is 11.4 Å². The van der Waals surface area contributed by atoms with E-state index in [2.05, 4.69) is 12.2 Å². The van der Waals surface area contributed by atoms with Crippen molar-refractivity contribution in [3.63, 3.8) is 0 Å². The van der Waals surface area contributed by atoms with Gasteiger partial charge in [0.05, 0.1) is 4.90 Å². The lowest BCUT2D eigenvalue weighted by Gasteiger charge is -2.23. The van der Waals surface area contributed by atoms with Crippen LogP contribution in [0.2, 0.25) is 0 Å². The SMILES string of the molecule is CCCNCc1sccc1S(=O)(=O)N(C)C(C)CC. The largest absolute Gasteiger partial charge is 0.312 e. The van der Waals surface area contributed by atoms with Crippen LogP contribution in [0.4, 0.5) is 0 Å². The van der Waals surface area contributed by atoms with Crippen molar-refractivity contribution < 1.29 is 8.42 Å². The third kappa shape index (κ3) is 4.02. The Bertz CT molecular complexity index is 483. The van der Waals surface area contributed by atoms with Crippen molar-refractivity contribution in [3.8, 4) is 0 Å². The molecular formula is C13H24N2O2S2. The van der Waals surface area contributed by atoms with Crippen LogP contribution < -0.4 is 5.32 Å². The number of nitrogens with zero attached hydrogens (tertiary/aromatic N) is 1. The Labute approximate surface area is 120 Å². The number of hydrogen-bond acceptors (Lipinski definition) is 4. The van der Waals surface area contributed by atoms with Crippen molar-refractivity contribution in [2.45, 2.75) is 51.1 Å². The van der Waals surface area contributed by atoms with Crippen LogP contribution in [0, 0.1) is 0 Å². The van der Waals surface area contributed by atoms with Gasteiger partial charge in [0.1, 0.15) is 0 Å². The van der Waals surface area contributed by atoms with E-state index in [9.17, 15) is 8.42 Å². The second-order valence-electron chi connectivity index (χ2n) is 4.66. The molecule has 1 atom stereocenters. The van der Waals surface area contributed by atoms with Gasteiger partial charge < -0.3 is 5.32 Å². The molecule has 0 amide bonds. The topological polar surface area (TPSA) is 49.4 Å². The van der Waals surface area contributed by atoms with E-state index in [1.807, 2.05) is 19.2 Å². The van der Waals surface area contributed by atoms with Crippen LogP contribution in [-0.2, 0) is 16.6 Å². The zero-order chi connectivity index (χ0) is 14.5. The van der Waals surface area contributed by atoms with Gasteiger partial charge in [-0.2, -0.15) is 4.31 Å². The highest BCUT2D eigenvalue weighted by Crippen LogP contribution is 2.26. The molecule has 0 aliphatic carbocycles. The Morgan fingerprint density at radius 2 is 2.11 bits per heavy atom.